The normalized spacial score (nSPS) is 14.1. The smallest absolute Gasteiger partial charge is 0.273 e. The average molecular weight is 559 g/mol. The van der Waals surface area contributed by atoms with Crippen LogP contribution in [0.3, 0.4) is 0 Å². The number of nitrogens with one attached hydrogen (secondary N) is 1. The van der Waals surface area contributed by atoms with Gasteiger partial charge in [0.25, 0.3) is 5.91 Å². The molecule has 3 N–H and O–H groups in total. The maximum atomic E-state index is 14.4. The van der Waals surface area contributed by atoms with Crippen LogP contribution in [0, 0.1) is 12.7 Å². The van der Waals surface area contributed by atoms with Crippen LogP contribution in [0.4, 0.5) is 15.8 Å². The molecule has 0 bridgehead atoms. The van der Waals surface area contributed by atoms with Crippen LogP contribution in [-0.2, 0) is 4.79 Å². The number of aryl methyl sites for hydroxylation is 1. The lowest BCUT2D eigenvalue weighted by molar-refractivity contribution is -0.123. The van der Waals surface area contributed by atoms with E-state index in [1.807, 2.05) is 31.2 Å². The van der Waals surface area contributed by atoms with Crippen molar-refractivity contribution in [2.75, 3.05) is 17.7 Å². The van der Waals surface area contributed by atoms with E-state index in [1.54, 1.807) is 43.5 Å². The largest absolute Gasteiger partial charge is 0.497 e. The zero-order chi connectivity index (χ0) is 28.2. The molecule has 0 radical (unpaired) electrons. The second-order valence-corrected chi connectivity index (χ2v) is 10.7. The van der Waals surface area contributed by atoms with Crippen molar-refractivity contribution >= 4 is 34.7 Å². The molecule has 2 amide bonds. The predicted molar refractivity (Wildman–Crippen MR) is 156 cm³/mol. The van der Waals surface area contributed by atoms with Gasteiger partial charge >= 0.3 is 0 Å². The number of anilines is 2. The molecule has 1 unspecified atom stereocenters. The molecule has 1 aliphatic carbocycles. The van der Waals surface area contributed by atoms with Crippen LogP contribution in [0.1, 0.15) is 52.5 Å². The molecule has 3 aromatic carbocycles. The van der Waals surface area contributed by atoms with E-state index in [1.165, 1.54) is 17.0 Å². The monoisotopic (exact) mass is 558 g/mol. The van der Waals surface area contributed by atoms with Gasteiger partial charge in [-0.15, -0.1) is 0 Å². The first-order valence-corrected chi connectivity index (χ1v) is 14.0. The first-order chi connectivity index (χ1) is 19.4. The zero-order valence-corrected chi connectivity index (χ0v) is 23.2. The van der Waals surface area contributed by atoms with Crippen molar-refractivity contribution in [3.05, 3.63) is 94.6 Å². The summed E-state index contributed by atoms with van der Waals surface area (Å²) in [4.78, 5) is 30.1. The fourth-order valence-corrected chi connectivity index (χ4v) is 5.78. The Morgan fingerprint density at radius 3 is 2.30 bits per heavy atom. The number of carbonyl (C=O) groups excluding carboxylic acids is 2. The molecule has 9 heteroatoms. The van der Waals surface area contributed by atoms with Crippen LogP contribution in [0.2, 0.25) is 0 Å². The minimum absolute atomic E-state index is 0.0572. The van der Waals surface area contributed by atoms with Crippen molar-refractivity contribution in [1.82, 2.24) is 9.69 Å². The molecule has 40 heavy (non-hydrogen) atoms. The molecule has 1 aromatic heterocycles. The highest BCUT2D eigenvalue weighted by Crippen LogP contribution is 2.37. The molecular formula is C31H31FN4O3S. The van der Waals surface area contributed by atoms with E-state index in [4.69, 9.17) is 10.5 Å². The second-order valence-electron chi connectivity index (χ2n) is 9.96. The summed E-state index contributed by atoms with van der Waals surface area (Å²) in [6.45, 7) is 1.96. The third kappa shape index (κ3) is 5.70. The van der Waals surface area contributed by atoms with E-state index in [9.17, 15) is 14.0 Å². The third-order valence-corrected chi connectivity index (χ3v) is 8.06. The van der Waals surface area contributed by atoms with Crippen molar-refractivity contribution in [1.29, 1.82) is 0 Å². The minimum Gasteiger partial charge on any atom is -0.497 e. The standard InChI is InChI=1S/C31H31FN4O3S/c1-19-7-15-24(16-8-19)36(31(38)29-26(33)27(35-40-29)20-9-13-22(32)14-10-20)28(21-11-17-25(39-2)18-12-21)30(37)34-23-5-3-4-6-23/h7-18,23,28H,3-6,33H2,1-2H3,(H,34,37). The number of rotatable bonds is 8. The summed E-state index contributed by atoms with van der Waals surface area (Å²) in [5.74, 6) is -0.458. The highest BCUT2D eigenvalue weighted by Gasteiger charge is 2.36. The number of ether oxygens (including phenoxy) is 1. The molecule has 206 valence electrons. The Labute approximate surface area is 236 Å². The lowest BCUT2D eigenvalue weighted by Crippen LogP contribution is -2.46. The van der Waals surface area contributed by atoms with Gasteiger partial charge in [0, 0.05) is 17.3 Å². The van der Waals surface area contributed by atoms with Gasteiger partial charge in [-0.25, -0.2) is 4.39 Å². The molecule has 5 rings (SSSR count). The Morgan fingerprint density at radius 2 is 1.68 bits per heavy atom. The quantitative estimate of drug-likeness (QED) is 0.265. The van der Waals surface area contributed by atoms with Gasteiger partial charge in [0.2, 0.25) is 5.91 Å². The van der Waals surface area contributed by atoms with E-state index < -0.39 is 11.9 Å². The Kier molecular flexibility index (Phi) is 8.11. The molecule has 1 heterocycles. The summed E-state index contributed by atoms with van der Waals surface area (Å²) in [5, 5.41) is 3.18. The molecular weight excluding hydrogens is 527 g/mol. The lowest BCUT2D eigenvalue weighted by Gasteiger charge is -2.32. The minimum atomic E-state index is -0.975. The lowest BCUT2D eigenvalue weighted by atomic mass is 10.0. The van der Waals surface area contributed by atoms with Crippen LogP contribution in [-0.4, -0.2) is 29.3 Å². The van der Waals surface area contributed by atoms with Gasteiger partial charge in [-0.3, -0.25) is 14.5 Å². The van der Waals surface area contributed by atoms with E-state index >= 15 is 0 Å². The number of nitrogen functional groups attached to an aromatic ring is 1. The molecule has 1 atom stereocenters. The van der Waals surface area contributed by atoms with Crippen molar-refractivity contribution < 1.29 is 18.7 Å². The zero-order valence-electron chi connectivity index (χ0n) is 22.4. The summed E-state index contributed by atoms with van der Waals surface area (Å²) in [7, 11) is 1.58. The summed E-state index contributed by atoms with van der Waals surface area (Å²) < 4.78 is 23.3. The second kappa shape index (κ2) is 11.9. The van der Waals surface area contributed by atoms with Gasteiger partial charge in [0.1, 0.15) is 28.2 Å². The number of hydrogen-bond acceptors (Lipinski definition) is 6. The highest BCUT2D eigenvalue weighted by atomic mass is 32.1. The van der Waals surface area contributed by atoms with Crippen molar-refractivity contribution in [2.45, 2.75) is 44.7 Å². The summed E-state index contributed by atoms with van der Waals surface area (Å²) >= 11 is 0.961. The number of carbonyl (C=O) groups is 2. The maximum absolute atomic E-state index is 14.4. The van der Waals surface area contributed by atoms with Gasteiger partial charge in [0.05, 0.1) is 12.8 Å². The number of hydrogen-bond donors (Lipinski definition) is 2. The van der Waals surface area contributed by atoms with Crippen LogP contribution < -0.4 is 20.7 Å². The molecule has 0 spiro atoms. The molecule has 7 nitrogen and oxygen atoms in total. The SMILES string of the molecule is COc1ccc(C(C(=O)NC2CCCC2)N(C(=O)c2snc(-c3ccc(F)cc3)c2N)c2ccc(C)cc2)cc1. The van der Waals surface area contributed by atoms with Crippen LogP contribution >= 0.6 is 11.5 Å². The maximum Gasteiger partial charge on any atom is 0.273 e. The molecule has 0 saturated heterocycles. The van der Waals surface area contributed by atoms with Gasteiger partial charge in [-0.1, -0.05) is 42.7 Å². The topological polar surface area (TPSA) is 97.5 Å². The number of benzene rings is 3. The number of methoxy groups -OCH3 is 1. The third-order valence-electron chi connectivity index (χ3n) is 7.21. The Morgan fingerprint density at radius 1 is 1.02 bits per heavy atom. The van der Waals surface area contributed by atoms with Gasteiger partial charge in [0.15, 0.2) is 0 Å². The highest BCUT2D eigenvalue weighted by molar-refractivity contribution is 7.09. The molecule has 0 aliphatic heterocycles. The van der Waals surface area contributed by atoms with E-state index in [-0.39, 0.29) is 28.3 Å². The van der Waals surface area contributed by atoms with Crippen LogP contribution in [0.5, 0.6) is 5.75 Å². The molecule has 1 aliphatic rings. The number of aromatic nitrogens is 1. The van der Waals surface area contributed by atoms with E-state index in [2.05, 4.69) is 9.69 Å². The van der Waals surface area contributed by atoms with Crippen LogP contribution in [0.25, 0.3) is 11.3 Å². The van der Waals surface area contributed by atoms with E-state index in [0.29, 0.717) is 28.3 Å². The van der Waals surface area contributed by atoms with Crippen molar-refractivity contribution in [3.63, 3.8) is 0 Å². The van der Waals surface area contributed by atoms with Gasteiger partial charge in [-0.05, 0) is 85.4 Å². The van der Waals surface area contributed by atoms with Crippen molar-refractivity contribution in [2.24, 2.45) is 0 Å². The number of nitrogens with zero attached hydrogens (tertiary/aromatic N) is 2. The van der Waals surface area contributed by atoms with Gasteiger partial charge in [-0.2, -0.15) is 4.37 Å². The average Bonchev–Trinajstić information content (AvgIpc) is 3.62. The first-order valence-electron chi connectivity index (χ1n) is 13.2. The Hall–Kier alpha value is -4.24. The van der Waals surface area contributed by atoms with Gasteiger partial charge < -0.3 is 15.8 Å². The summed E-state index contributed by atoms with van der Waals surface area (Å²) in [6.07, 6.45) is 3.93. The van der Waals surface area contributed by atoms with Crippen LogP contribution in [0.15, 0.2) is 72.8 Å². The number of nitrogens with two attached hydrogens (primary N) is 1. The molecule has 1 fully saturated rings. The fraction of sp³-hybridized carbons (Fsp3) is 0.258. The van der Waals surface area contributed by atoms with Crippen molar-refractivity contribution in [3.8, 4) is 17.0 Å². The Bertz CT molecular complexity index is 1480. The Balaban J connectivity index is 1.61. The summed E-state index contributed by atoms with van der Waals surface area (Å²) in [5.41, 5.74) is 9.87. The first kappa shape index (κ1) is 27.3. The number of halogens is 1. The predicted octanol–water partition coefficient (Wildman–Crippen LogP) is 6.30. The number of amides is 2. The van der Waals surface area contributed by atoms with E-state index in [0.717, 1.165) is 42.8 Å². The summed E-state index contributed by atoms with van der Waals surface area (Å²) in [6, 6.07) is 19.5. The molecule has 1 saturated carbocycles. The molecule has 4 aromatic rings. The fourth-order valence-electron chi connectivity index (χ4n) is 5.02.